The number of rotatable bonds is 5. The molecule has 0 radical (unpaired) electrons. The number of hydrogen-bond donors (Lipinski definition) is 2. The zero-order valence-corrected chi connectivity index (χ0v) is 13.9. The van der Waals surface area contributed by atoms with Gasteiger partial charge in [-0.15, -0.1) is 5.10 Å². The molecule has 2 amide bonds. The third kappa shape index (κ3) is 4.79. The first-order valence-corrected chi connectivity index (χ1v) is 7.50. The standard InChI is InChI=1S/C15H18ClN5O2/c1-9(2)15(23)18-13-7-21(20-19-13)8-14(22)17-12-6-11(16)5-4-10(12)3/h4-7,9H,8H2,1-3H3,(H,17,22)(H,18,23). The molecule has 1 heterocycles. The van der Waals surface area contributed by atoms with E-state index in [0.29, 0.717) is 16.5 Å². The van der Waals surface area contributed by atoms with Gasteiger partial charge in [-0.3, -0.25) is 9.59 Å². The minimum atomic E-state index is -0.262. The van der Waals surface area contributed by atoms with E-state index in [4.69, 9.17) is 11.6 Å². The monoisotopic (exact) mass is 335 g/mol. The van der Waals surface area contributed by atoms with Crippen LogP contribution in [0.15, 0.2) is 24.4 Å². The van der Waals surface area contributed by atoms with Crippen LogP contribution in [0.2, 0.25) is 5.02 Å². The molecule has 0 saturated heterocycles. The quantitative estimate of drug-likeness (QED) is 0.878. The lowest BCUT2D eigenvalue weighted by atomic mass is 10.2. The molecule has 122 valence electrons. The van der Waals surface area contributed by atoms with Crippen LogP contribution in [0.1, 0.15) is 19.4 Å². The Morgan fingerprint density at radius 1 is 1.30 bits per heavy atom. The topological polar surface area (TPSA) is 88.9 Å². The molecule has 0 spiro atoms. The van der Waals surface area contributed by atoms with Crippen LogP contribution in [0.5, 0.6) is 0 Å². The van der Waals surface area contributed by atoms with Gasteiger partial charge in [0.15, 0.2) is 5.82 Å². The molecule has 0 aliphatic rings. The highest BCUT2D eigenvalue weighted by Gasteiger charge is 2.11. The van der Waals surface area contributed by atoms with Gasteiger partial charge < -0.3 is 10.6 Å². The van der Waals surface area contributed by atoms with Gasteiger partial charge in [-0.2, -0.15) is 0 Å². The van der Waals surface area contributed by atoms with Crippen molar-refractivity contribution in [3.05, 3.63) is 35.0 Å². The Hall–Kier alpha value is -2.41. The average molecular weight is 336 g/mol. The molecule has 1 aromatic heterocycles. The van der Waals surface area contributed by atoms with Gasteiger partial charge >= 0.3 is 0 Å². The van der Waals surface area contributed by atoms with Gasteiger partial charge in [0.25, 0.3) is 0 Å². The molecule has 2 N–H and O–H groups in total. The van der Waals surface area contributed by atoms with Crippen LogP contribution >= 0.6 is 11.6 Å². The van der Waals surface area contributed by atoms with Crippen molar-refractivity contribution in [1.82, 2.24) is 15.0 Å². The molecule has 0 unspecified atom stereocenters. The van der Waals surface area contributed by atoms with E-state index in [-0.39, 0.29) is 24.3 Å². The Bertz CT molecular complexity index is 726. The average Bonchev–Trinajstić information content (AvgIpc) is 2.89. The molecule has 7 nitrogen and oxygen atoms in total. The third-order valence-electron chi connectivity index (χ3n) is 3.09. The summed E-state index contributed by atoms with van der Waals surface area (Å²) < 4.78 is 1.35. The van der Waals surface area contributed by atoms with Crippen molar-refractivity contribution in [3.8, 4) is 0 Å². The Morgan fingerprint density at radius 3 is 2.74 bits per heavy atom. The summed E-state index contributed by atoms with van der Waals surface area (Å²) in [7, 11) is 0. The lowest BCUT2D eigenvalue weighted by molar-refractivity contribution is -0.119. The number of halogens is 1. The number of carbonyl (C=O) groups is 2. The zero-order chi connectivity index (χ0) is 17.0. The van der Waals surface area contributed by atoms with Gasteiger partial charge in [-0.25, -0.2) is 4.68 Å². The van der Waals surface area contributed by atoms with E-state index in [1.165, 1.54) is 10.9 Å². The number of carbonyl (C=O) groups excluding carboxylic acids is 2. The summed E-state index contributed by atoms with van der Waals surface area (Å²) >= 11 is 5.92. The van der Waals surface area contributed by atoms with Gasteiger partial charge in [0.2, 0.25) is 11.8 Å². The summed E-state index contributed by atoms with van der Waals surface area (Å²) in [6.45, 7) is 5.42. The van der Waals surface area contributed by atoms with Gasteiger partial charge in [-0.05, 0) is 24.6 Å². The smallest absolute Gasteiger partial charge is 0.246 e. The minimum Gasteiger partial charge on any atom is -0.324 e. The second-order valence-corrected chi connectivity index (χ2v) is 5.89. The molecule has 0 atom stereocenters. The maximum Gasteiger partial charge on any atom is 0.246 e. The number of benzene rings is 1. The molecule has 1 aromatic carbocycles. The first-order chi connectivity index (χ1) is 10.8. The number of nitrogens with one attached hydrogen (secondary N) is 2. The SMILES string of the molecule is Cc1ccc(Cl)cc1NC(=O)Cn1cc(NC(=O)C(C)C)nn1. The zero-order valence-electron chi connectivity index (χ0n) is 13.1. The van der Waals surface area contributed by atoms with Crippen LogP contribution < -0.4 is 10.6 Å². The summed E-state index contributed by atoms with van der Waals surface area (Å²) in [6.07, 6.45) is 1.50. The molecule has 2 aromatic rings. The molecular weight excluding hydrogens is 318 g/mol. The largest absolute Gasteiger partial charge is 0.324 e. The summed E-state index contributed by atoms with van der Waals surface area (Å²) in [5.74, 6) is -0.261. The van der Waals surface area contributed by atoms with E-state index in [1.807, 2.05) is 13.0 Å². The molecule has 0 aliphatic carbocycles. The third-order valence-corrected chi connectivity index (χ3v) is 3.33. The van der Waals surface area contributed by atoms with Crippen LogP contribution in [0.3, 0.4) is 0 Å². The number of anilines is 2. The Labute approximate surface area is 139 Å². The van der Waals surface area contributed by atoms with Gasteiger partial charge in [-0.1, -0.05) is 36.7 Å². The predicted molar refractivity (Wildman–Crippen MR) is 88.3 cm³/mol. The van der Waals surface area contributed by atoms with Crippen molar-refractivity contribution in [3.63, 3.8) is 0 Å². The first kappa shape index (κ1) is 17.0. The van der Waals surface area contributed by atoms with Crippen molar-refractivity contribution >= 4 is 34.9 Å². The highest BCUT2D eigenvalue weighted by Crippen LogP contribution is 2.20. The fourth-order valence-electron chi connectivity index (χ4n) is 1.77. The fraction of sp³-hybridized carbons (Fsp3) is 0.333. The van der Waals surface area contributed by atoms with E-state index in [9.17, 15) is 9.59 Å². The number of nitrogens with zero attached hydrogens (tertiary/aromatic N) is 3. The van der Waals surface area contributed by atoms with Crippen molar-refractivity contribution < 1.29 is 9.59 Å². The highest BCUT2D eigenvalue weighted by molar-refractivity contribution is 6.31. The normalized spacial score (nSPS) is 10.7. The Morgan fingerprint density at radius 2 is 2.04 bits per heavy atom. The van der Waals surface area contributed by atoms with Crippen molar-refractivity contribution in [2.24, 2.45) is 5.92 Å². The summed E-state index contributed by atoms with van der Waals surface area (Å²) in [5, 5.41) is 13.6. The van der Waals surface area contributed by atoms with Crippen LogP contribution in [0, 0.1) is 12.8 Å². The number of hydrogen-bond acceptors (Lipinski definition) is 4. The van der Waals surface area contributed by atoms with Crippen LogP contribution in [0.25, 0.3) is 0 Å². The van der Waals surface area contributed by atoms with Gasteiger partial charge in [0.05, 0.1) is 6.20 Å². The molecular formula is C15H18ClN5O2. The molecule has 0 saturated carbocycles. The minimum absolute atomic E-state index is 0.0174. The highest BCUT2D eigenvalue weighted by atomic mass is 35.5. The van der Waals surface area contributed by atoms with Crippen molar-refractivity contribution in [2.45, 2.75) is 27.3 Å². The molecule has 2 rings (SSSR count). The van der Waals surface area contributed by atoms with Crippen molar-refractivity contribution in [1.29, 1.82) is 0 Å². The number of aryl methyl sites for hydroxylation is 1. The van der Waals surface area contributed by atoms with E-state index < -0.39 is 0 Å². The van der Waals surface area contributed by atoms with Crippen LogP contribution in [0.4, 0.5) is 11.5 Å². The van der Waals surface area contributed by atoms with Crippen LogP contribution in [-0.4, -0.2) is 26.8 Å². The summed E-state index contributed by atoms with van der Waals surface area (Å²) in [6, 6.07) is 5.27. The number of amides is 2. The molecule has 0 aliphatic heterocycles. The van der Waals surface area contributed by atoms with Gasteiger partial charge in [0.1, 0.15) is 6.54 Å². The van der Waals surface area contributed by atoms with Gasteiger partial charge in [0, 0.05) is 16.6 Å². The maximum atomic E-state index is 12.1. The molecule has 23 heavy (non-hydrogen) atoms. The second-order valence-electron chi connectivity index (χ2n) is 5.45. The molecule has 8 heteroatoms. The Kier molecular flexibility index (Phi) is 5.33. The fourth-order valence-corrected chi connectivity index (χ4v) is 1.94. The number of aromatic nitrogens is 3. The van der Waals surface area contributed by atoms with E-state index in [0.717, 1.165) is 5.56 Å². The lowest BCUT2D eigenvalue weighted by Gasteiger charge is -2.08. The molecule has 0 fully saturated rings. The Balaban J connectivity index is 1.97. The molecule has 0 bridgehead atoms. The van der Waals surface area contributed by atoms with E-state index in [2.05, 4.69) is 20.9 Å². The second kappa shape index (κ2) is 7.23. The van der Waals surface area contributed by atoms with Crippen molar-refractivity contribution in [2.75, 3.05) is 10.6 Å². The predicted octanol–water partition coefficient (Wildman–Crippen LogP) is 2.47. The maximum absolute atomic E-state index is 12.1. The van der Waals surface area contributed by atoms with E-state index >= 15 is 0 Å². The van der Waals surface area contributed by atoms with Crippen LogP contribution in [-0.2, 0) is 16.1 Å². The summed E-state index contributed by atoms with van der Waals surface area (Å²) in [5.41, 5.74) is 1.56. The lowest BCUT2D eigenvalue weighted by Crippen LogP contribution is -2.20. The first-order valence-electron chi connectivity index (χ1n) is 7.12. The summed E-state index contributed by atoms with van der Waals surface area (Å²) in [4.78, 5) is 23.6. The van der Waals surface area contributed by atoms with E-state index in [1.54, 1.807) is 26.0 Å².